The van der Waals surface area contributed by atoms with Crippen LogP contribution >= 0.6 is 0 Å². The second-order valence-corrected chi connectivity index (χ2v) is 4.89. The maximum Gasteiger partial charge on any atom is 0.181 e. The summed E-state index contributed by atoms with van der Waals surface area (Å²) >= 11 is 0. The lowest BCUT2D eigenvalue weighted by molar-refractivity contribution is 0.0947. The van der Waals surface area contributed by atoms with E-state index < -0.39 is 0 Å². The molecule has 0 saturated heterocycles. The number of aryl methyl sites for hydroxylation is 1. The standard InChI is InChI=1S/C13H23N3O/c1-4-16-12(5-6-15-16)13(17)8-11(9-14)7-10(2)3/h5-6,10-11H,4,7-9,14H2,1-3H3. The first-order valence-electron chi connectivity index (χ1n) is 6.33. The Labute approximate surface area is 103 Å². The van der Waals surface area contributed by atoms with Crippen LogP contribution in [0, 0.1) is 11.8 Å². The Morgan fingerprint density at radius 3 is 2.76 bits per heavy atom. The van der Waals surface area contributed by atoms with Gasteiger partial charge in [-0.2, -0.15) is 5.10 Å². The van der Waals surface area contributed by atoms with Crippen LogP contribution in [0.3, 0.4) is 0 Å². The van der Waals surface area contributed by atoms with E-state index in [2.05, 4.69) is 18.9 Å². The van der Waals surface area contributed by atoms with E-state index in [0.29, 0.717) is 24.6 Å². The lowest BCUT2D eigenvalue weighted by Gasteiger charge is -2.16. The molecule has 17 heavy (non-hydrogen) atoms. The van der Waals surface area contributed by atoms with Gasteiger partial charge in [-0.25, -0.2) is 0 Å². The van der Waals surface area contributed by atoms with Gasteiger partial charge in [0.05, 0.1) is 0 Å². The Balaban J connectivity index is 2.64. The van der Waals surface area contributed by atoms with Crippen LogP contribution in [-0.2, 0) is 6.54 Å². The predicted molar refractivity (Wildman–Crippen MR) is 68.8 cm³/mol. The minimum atomic E-state index is 0.153. The summed E-state index contributed by atoms with van der Waals surface area (Å²) in [6, 6.07) is 1.79. The number of rotatable bonds is 7. The van der Waals surface area contributed by atoms with E-state index in [-0.39, 0.29) is 11.7 Å². The van der Waals surface area contributed by atoms with Crippen molar-refractivity contribution in [2.45, 2.75) is 40.2 Å². The first-order valence-corrected chi connectivity index (χ1v) is 6.33. The van der Waals surface area contributed by atoms with Crippen molar-refractivity contribution >= 4 is 5.78 Å². The van der Waals surface area contributed by atoms with Crippen LogP contribution in [0.2, 0.25) is 0 Å². The Hall–Kier alpha value is -1.16. The van der Waals surface area contributed by atoms with Crippen molar-refractivity contribution in [2.75, 3.05) is 6.54 Å². The van der Waals surface area contributed by atoms with Crippen molar-refractivity contribution in [3.05, 3.63) is 18.0 Å². The lowest BCUT2D eigenvalue weighted by Crippen LogP contribution is -2.21. The van der Waals surface area contributed by atoms with Gasteiger partial charge in [-0.15, -0.1) is 0 Å². The molecule has 1 atom stereocenters. The molecule has 0 saturated carbocycles. The first kappa shape index (κ1) is 13.9. The van der Waals surface area contributed by atoms with Crippen LogP contribution < -0.4 is 5.73 Å². The minimum absolute atomic E-state index is 0.153. The monoisotopic (exact) mass is 237 g/mol. The van der Waals surface area contributed by atoms with E-state index in [1.807, 2.05) is 6.92 Å². The van der Waals surface area contributed by atoms with Gasteiger partial charge in [0.25, 0.3) is 0 Å². The summed E-state index contributed by atoms with van der Waals surface area (Å²) in [5.41, 5.74) is 6.42. The van der Waals surface area contributed by atoms with E-state index in [9.17, 15) is 4.79 Å². The van der Waals surface area contributed by atoms with Crippen LogP contribution in [-0.4, -0.2) is 22.1 Å². The average molecular weight is 237 g/mol. The van der Waals surface area contributed by atoms with Gasteiger partial charge in [-0.3, -0.25) is 9.48 Å². The molecule has 0 aliphatic carbocycles. The van der Waals surface area contributed by atoms with Crippen LogP contribution in [0.5, 0.6) is 0 Å². The van der Waals surface area contributed by atoms with E-state index in [0.717, 1.165) is 13.0 Å². The Bertz CT molecular complexity index is 357. The normalized spacial score (nSPS) is 13.0. The fourth-order valence-corrected chi connectivity index (χ4v) is 2.12. The number of carbonyl (C=O) groups is 1. The minimum Gasteiger partial charge on any atom is -0.330 e. The number of Topliss-reactive ketones (excluding diaryl/α,β-unsaturated/α-hetero) is 1. The van der Waals surface area contributed by atoms with Gasteiger partial charge in [0.2, 0.25) is 0 Å². The fraction of sp³-hybridized carbons (Fsp3) is 0.692. The molecule has 0 bridgehead atoms. The highest BCUT2D eigenvalue weighted by Crippen LogP contribution is 2.17. The molecule has 0 amide bonds. The Morgan fingerprint density at radius 2 is 2.24 bits per heavy atom. The largest absolute Gasteiger partial charge is 0.330 e. The Morgan fingerprint density at radius 1 is 1.53 bits per heavy atom. The third kappa shape index (κ3) is 3.97. The van der Waals surface area contributed by atoms with Crippen molar-refractivity contribution in [2.24, 2.45) is 17.6 Å². The quantitative estimate of drug-likeness (QED) is 0.739. The average Bonchev–Trinajstić information content (AvgIpc) is 2.75. The molecule has 0 aliphatic rings. The highest BCUT2D eigenvalue weighted by atomic mass is 16.1. The summed E-state index contributed by atoms with van der Waals surface area (Å²) in [6.07, 6.45) is 3.21. The number of ketones is 1. The number of nitrogens with zero attached hydrogens (tertiary/aromatic N) is 2. The van der Waals surface area contributed by atoms with Crippen molar-refractivity contribution < 1.29 is 4.79 Å². The second-order valence-electron chi connectivity index (χ2n) is 4.89. The van der Waals surface area contributed by atoms with Crippen molar-refractivity contribution in [1.82, 2.24) is 9.78 Å². The third-order valence-electron chi connectivity index (χ3n) is 2.91. The van der Waals surface area contributed by atoms with Crippen LogP contribution in [0.15, 0.2) is 12.3 Å². The molecule has 96 valence electrons. The van der Waals surface area contributed by atoms with Crippen molar-refractivity contribution in [1.29, 1.82) is 0 Å². The van der Waals surface area contributed by atoms with E-state index >= 15 is 0 Å². The highest BCUT2D eigenvalue weighted by Gasteiger charge is 2.17. The number of aromatic nitrogens is 2. The van der Waals surface area contributed by atoms with Gasteiger partial charge >= 0.3 is 0 Å². The summed E-state index contributed by atoms with van der Waals surface area (Å²) in [4.78, 5) is 12.1. The molecule has 2 N–H and O–H groups in total. The lowest BCUT2D eigenvalue weighted by atomic mass is 9.92. The van der Waals surface area contributed by atoms with Gasteiger partial charge in [0.15, 0.2) is 5.78 Å². The summed E-state index contributed by atoms with van der Waals surface area (Å²) in [5, 5.41) is 4.11. The van der Waals surface area contributed by atoms with Gasteiger partial charge < -0.3 is 5.73 Å². The molecule has 0 radical (unpaired) electrons. The number of carbonyl (C=O) groups excluding carboxylic acids is 1. The molecule has 1 aromatic heterocycles. The smallest absolute Gasteiger partial charge is 0.181 e. The molecular weight excluding hydrogens is 214 g/mol. The maximum absolute atomic E-state index is 12.1. The molecule has 4 heteroatoms. The zero-order chi connectivity index (χ0) is 12.8. The second kappa shape index (κ2) is 6.55. The van der Waals surface area contributed by atoms with Gasteiger partial charge in [0, 0.05) is 19.2 Å². The fourth-order valence-electron chi connectivity index (χ4n) is 2.12. The van der Waals surface area contributed by atoms with Gasteiger partial charge in [-0.1, -0.05) is 13.8 Å². The van der Waals surface area contributed by atoms with Crippen molar-refractivity contribution in [3.8, 4) is 0 Å². The summed E-state index contributed by atoms with van der Waals surface area (Å²) in [5.74, 6) is 1.01. The molecule has 1 unspecified atom stereocenters. The predicted octanol–water partition coefficient (Wildman–Crippen LogP) is 2.10. The molecule has 0 fully saturated rings. The SMILES string of the molecule is CCn1nccc1C(=O)CC(CN)CC(C)C. The number of hydrogen-bond acceptors (Lipinski definition) is 3. The molecular formula is C13H23N3O. The molecule has 0 spiro atoms. The van der Waals surface area contributed by atoms with E-state index in [4.69, 9.17) is 5.73 Å². The van der Waals surface area contributed by atoms with E-state index in [1.165, 1.54) is 0 Å². The van der Waals surface area contributed by atoms with Gasteiger partial charge in [-0.05, 0) is 37.8 Å². The molecule has 1 aromatic rings. The van der Waals surface area contributed by atoms with Crippen LogP contribution in [0.25, 0.3) is 0 Å². The molecule has 1 heterocycles. The highest BCUT2D eigenvalue weighted by molar-refractivity contribution is 5.94. The zero-order valence-corrected chi connectivity index (χ0v) is 11.0. The topological polar surface area (TPSA) is 60.9 Å². The molecule has 0 aliphatic heterocycles. The Kier molecular flexibility index (Phi) is 5.35. The zero-order valence-electron chi connectivity index (χ0n) is 11.0. The molecule has 4 nitrogen and oxygen atoms in total. The van der Waals surface area contributed by atoms with Crippen LogP contribution in [0.4, 0.5) is 0 Å². The van der Waals surface area contributed by atoms with Crippen molar-refractivity contribution in [3.63, 3.8) is 0 Å². The summed E-state index contributed by atoms with van der Waals surface area (Å²) < 4.78 is 1.74. The van der Waals surface area contributed by atoms with Gasteiger partial charge in [0.1, 0.15) is 5.69 Å². The summed E-state index contributed by atoms with van der Waals surface area (Å²) in [7, 11) is 0. The first-order chi connectivity index (χ1) is 8.08. The third-order valence-corrected chi connectivity index (χ3v) is 2.91. The number of nitrogens with two attached hydrogens (primary N) is 1. The molecule has 0 aromatic carbocycles. The van der Waals surface area contributed by atoms with E-state index in [1.54, 1.807) is 16.9 Å². The van der Waals surface area contributed by atoms with Crippen LogP contribution in [0.1, 0.15) is 44.1 Å². The number of hydrogen-bond donors (Lipinski definition) is 1. The molecule has 1 rings (SSSR count). The maximum atomic E-state index is 12.1. The summed E-state index contributed by atoms with van der Waals surface area (Å²) in [6.45, 7) is 7.60.